The zero-order valence-electron chi connectivity index (χ0n) is 10.3. The van der Waals surface area contributed by atoms with E-state index >= 15 is 0 Å². The van der Waals surface area contributed by atoms with E-state index in [1.54, 1.807) is 16.2 Å². The number of piperidine rings is 1. The third-order valence-corrected chi connectivity index (χ3v) is 4.48. The first kappa shape index (κ1) is 13.1. The summed E-state index contributed by atoms with van der Waals surface area (Å²) in [7, 11) is 0. The van der Waals surface area contributed by atoms with E-state index in [4.69, 9.17) is 5.11 Å². The maximum atomic E-state index is 12.3. The van der Waals surface area contributed by atoms with Crippen LogP contribution in [0.4, 0.5) is 0 Å². The Hall–Kier alpha value is -1.36. The first-order chi connectivity index (χ1) is 8.59. The number of likely N-dealkylation sites (tertiary alicyclic amines) is 1. The van der Waals surface area contributed by atoms with E-state index < -0.39 is 11.9 Å². The summed E-state index contributed by atoms with van der Waals surface area (Å²) in [4.78, 5) is 26.0. The highest BCUT2D eigenvalue weighted by Crippen LogP contribution is 2.25. The van der Waals surface area contributed by atoms with Crippen molar-refractivity contribution < 1.29 is 14.7 Å². The Bertz CT molecular complexity index is 429. The number of hydrogen-bond donors (Lipinski definition) is 1. The molecule has 0 aliphatic carbocycles. The highest BCUT2D eigenvalue weighted by molar-refractivity contribution is 7.10. The Balaban J connectivity index is 2.02. The Labute approximate surface area is 110 Å². The monoisotopic (exact) mass is 267 g/mol. The van der Waals surface area contributed by atoms with Gasteiger partial charge in [-0.15, -0.1) is 11.3 Å². The molecule has 1 aromatic heterocycles. The molecule has 0 aromatic carbocycles. The van der Waals surface area contributed by atoms with E-state index in [9.17, 15) is 9.59 Å². The molecule has 1 aliphatic rings. The summed E-state index contributed by atoms with van der Waals surface area (Å²) in [6.07, 6.45) is 1.45. The number of carbonyl (C=O) groups excluding carboxylic acids is 1. The fourth-order valence-corrected chi connectivity index (χ4v) is 3.09. The molecule has 2 atom stereocenters. The Kier molecular flexibility index (Phi) is 4.01. The van der Waals surface area contributed by atoms with Gasteiger partial charge in [0.15, 0.2) is 0 Å². The molecule has 98 valence electrons. The summed E-state index contributed by atoms with van der Waals surface area (Å²) in [5, 5.41) is 11.0. The summed E-state index contributed by atoms with van der Waals surface area (Å²) < 4.78 is 0. The van der Waals surface area contributed by atoms with Crippen LogP contribution in [-0.2, 0) is 9.59 Å². The molecular formula is C13H17NO3S. The topological polar surface area (TPSA) is 57.6 Å². The average Bonchev–Trinajstić information content (AvgIpc) is 2.91. The Morgan fingerprint density at radius 2 is 2.33 bits per heavy atom. The SMILES string of the molecule is C[C@H](C(=O)N1CCC[C@@H](C(=O)O)C1)c1cccs1. The fourth-order valence-electron chi connectivity index (χ4n) is 2.31. The van der Waals surface area contributed by atoms with E-state index in [1.165, 1.54) is 0 Å². The second-order valence-electron chi connectivity index (χ2n) is 4.70. The summed E-state index contributed by atoms with van der Waals surface area (Å²) in [6.45, 7) is 2.92. The molecule has 1 fully saturated rings. The van der Waals surface area contributed by atoms with Crippen LogP contribution in [0.15, 0.2) is 17.5 Å². The van der Waals surface area contributed by atoms with Crippen molar-refractivity contribution in [2.45, 2.75) is 25.7 Å². The van der Waals surface area contributed by atoms with Gasteiger partial charge in [0.25, 0.3) is 0 Å². The number of amides is 1. The quantitative estimate of drug-likeness (QED) is 0.913. The van der Waals surface area contributed by atoms with Gasteiger partial charge in [-0.3, -0.25) is 9.59 Å². The van der Waals surface area contributed by atoms with Crippen molar-refractivity contribution in [3.8, 4) is 0 Å². The van der Waals surface area contributed by atoms with Crippen molar-refractivity contribution in [2.75, 3.05) is 13.1 Å². The van der Waals surface area contributed by atoms with Crippen molar-refractivity contribution in [2.24, 2.45) is 5.92 Å². The second kappa shape index (κ2) is 5.52. The minimum Gasteiger partial charge on any atom is -0.481 e. The van der Waals surface area contributed by atoms with Crippen LogP contribution in [0, 0.1) is 5.92 Å². The normalized spacial score (nSPS) is 21.6. The number of carboxylic acid groups (broad SMARTS) is 1. The van der Waals surface area contributed by atoms with Crippen LogP contribution in [0.5, 0.6) is 0 Å². The molecule has 1 aromatic rings. The molecule has 1 saturated heterocycles. The highest BCUT2D eigenvalue weighted by Gasteiger charge is 2.30. The maximum Gasteiger partial charge on any atom is 0.308 e. The third kappa shape index (κ3) is 2.72. The summed E-state index contributed by atoms with van der Waals surface area (Å²) in [5.41, 5.74) is 0. The van der Waals surface area contributed by atoms with Crippen molar-refractivity contribution >= 4 is 23.2 Å². The van der Waals surface area contributed by atoms with E-state index in [-0.39, 0.29) is 11.8 Å². The van der Waals surface area contributed by atoms with Crippen molar-refractivity contribution in [3.63, 3.8) is 0 Å². The molecule has 5 heteroatoms. The standard InChI is InChI=1S/C13H17NO3S/c1-9(11-5-3-7-18-11)12(15)14-6-2-4-10(8-14)13(16)17/h3,5,7,9-10H,2,4,6,8H2,1H3,(H,16,17)/t9-,10+/m0/s1. The van der Waals surface area contributed by atoms with Gasteiger partial charge in [-0.1, -0.05) is 6.07 Å². The van der Waals surface area contributed by atoms with E-state index in [0.717, 1.165) is 11.3 Å². The lowest BCUT2D eigenvalue weighted by atomic mass is 9.96. The lowest BCUT2D eigenvalue weighted by Crippen LogP contribution is -2.43. The predicted octanol–water partition coefficient (Wildman–Crippen LogP) is 2.17. The molecule has 18 heavy (non-hydrogen) atoms. The molecule has 0 unspecified atom stereocenters. The third-order valence-electron chi connectivity index (χ3n) is 3.42. The molecule has 1 N–H and O–H groups in total. The summed E-state index contributed by atoms with van der Waals surface area (Å²) in [6, 6.07) is 3.88. The van der Waals surface area contributed by atoms with Crippen LogP contribution in [0.25, 0.3) is 0 Å². The van der Waals surface area contributed by atoms with Crippen LogP contribution in [0.1, 0.15) is 30.6 Å². The molecule has 0 spiro atoms. The molecule has 2 heterocycles. The van der Waals surface area contributed by atoms with E-state index in [2.05, 4.69) is 0 Å². The lowest BCUT2D eigenvalue weighted by Gasteiger charge is -2.32. The summed E-state index contributed by atoms with van der Waals surface area (Å²) >= 11 is 1.57. The van der Waals surface area contributed by atoms with Gasteiger partial charge in [-0.2, -0.15) is 0 Å². The van der Waals surface area contributed by atoms with Gasteiger partial charge in [0, 0.05) is 18.0 Å². The first-order valence-corrected chi connectivity index (χ1v) is 7.02. The van der Waals surface area contributed by atoms with Crippen molar-refractivity contribution in [1.82, 2.24) is 4.90 Å². The zero-order chi connectivity index (χ0) is 13.1. The van der Waals surface area contributed by atoms with Crippen LogP contribution in [0.3, 0.4) is 0 Å². The fraction of sp³-hybridized carbons (Fsp3) is 0.538. The number of hydrogen-bond acceptors (Lipinski definition) is 3. The molecule has 1 aliphatic heterocycles. The van der Waals surface area contributed by atoms with Gasteiger partial charge >= 0.3 is 5.97 Å². The number of aliphatic carboxylic acids is 1. The van der Waals surface area contributed by atoms with Gasteiger partial charge in [-0.05, 0) is 31.2 Å². The number of thiophene rings is 1. The predicted molar refractivity (Wildman–Crippen MR) is 69.7 cm³/mol. The molecule has 0 bridgehead atoms. The van der Waals surface area contributed by atoms with Crippen LogP contribution in [-0.4, -0.2) is 35.0 Å². The average molecular weight is 267 g/mol. The Morgan fingerprint density at radius 3 is 2.94 bits per heavy atom. The molecule has 4 nitrogen and oxygen atoms in total. The van der Waals surface area contributed by atoms with Gasteiger partial charge in [0.05, 0.1) is 11.8 Å². The lowest BCUT2D eigenvalue weighted by molar-refractivity contribution is -0.146. The van der Waals surface area contributed by atoms with Gasteiger partial charge < -0.3 is 10.0 Å². The maximum absolute atomic E-state index is 12.3. The number of rotatable bonds is 3. The first-order valence-electron chi connectivity index (χ1n) is 6.14. The van der Waals surface area contributed by atoms with Gasteiger partial charge in [0.2, 0.25) is 5.91 Å². The number of nitrogens with zero attached hydrogens (tertiary/aromatic N) is 1. The summed E-state index contributed by atoms with van der Waals surface area (Å²) in [5.74, 6) is -1.32. The molecule has 0 saturated carbocycles. The zero-order valence-corrected chi connectivity index (χ0v) is 11.2. The largest absolute Gasteiger partial charge is 0.481 e. The molecule has 2 rings (SSSR count). The van der Waals surface area contributed by atoms with Crippen LogP contribution >= 0.6 is 11.3 Å². The second-order valence-corrected chi connectivity index (χ2v) is 5.68. The Morgan fingerprint density at radius 1 is 1.56 bits per heavy atom. The van der Waals surface area contributed by atoms with Gasteiger partial charge in [0.1, 0.15) is 0 Å². The van der Waals surface area contributed by atoms with Gasteiger partial charge in [-0.25, -0.2) is 0 Å². The van der Waals surface area contributed by atoms with Crippen LogP contribution in [0.2, 0.25) is 0 Å². The minimum atomic E-state index is -0.795. The highest BCUT2D eigenvalue weighted by atomic mass is 32.1. The van der Waals surface area contributed by atoms with Crippen LogP contribution < -0.4 is 0 Å². The minimum absolute atomic E-state index is 0.0448. The smallest absolute Gasteiger partial charge is 0.308 e. The van der Waals surface area contributed by atoms with E-state index in [0.29, 0.717) is 19.5 Å². The molecular weight excluding hydrogens is 250 g/mol. The molecule has 1 amide bonds. The number of carboxylic acids is 1. The van der Waals surface area contributed by atoms with E-state index in [1.807, 2.05) is 24.4 Å². The van der Waals surface area contributed by atoms with Crippen molar-refractivity contribution in [3.05, 3.63) is 22.4 Å². The van der Waals surface area contributed by atoms with Crippen molar-refractivity contribution in [1.29, 1.82) is 0 Å². The number of carbonyl (C=O) groups is 2. The molecule has 0 radical (unpaired) electrons.